The zero-order valence-corrected chi connectivity index (χ0v) is 36.7. The highest BCUT2D eigenvalue weighted by molar-refractivity contribution is 6.31. The van der Waals surface area contributed by atoms with Crippen LogP contribution in [0.4, 0.5) is 4.79 Å². The molecule has 0 aromatic heterocycles. The van der Waals surface area contributed by atoms with Crippen molar-refractivity contribution < 1.29 is 23.9 Å². The lowest BCUT2D eigenvalue weighted by Crippen LogP contribution is -2.52. The van der Waals surface area contributed by atoms with Gasteiger partial charge in [-0.05, 0) is 71.9 Å². The molecular formula is C54H59ClN2O5. The Kier molecular flexibility index (Phi) is 14.1. The number of fused-ring (bicyclic) bond motifs is 3. The number of likely N-dealkylation sites (tertiary alicyclic amines) is 1. The average Bonchev–Trinajstić information content (AvgIpc) is 3.64. The first-order chi connectivity index (χ1) is 30.3. The second kappa shape index (κ2) is 20.2. The Morgan fingerprint density at radius 2 is 1.19 bits per heavy atom. The zero-order chi connectivity index (χ0) is 42.9. The van der Waals surface area contributed by atoms with E-state index in [2.05, 4.69) is 48.5 Å². The summed E-state index contributed by atoms with van der Waals surface area (Å²) in [5.41, 5.74) is 6.33. The summed E-state index contributed by atoms with van der Waals surface area (Å²) in [4.78, 5) is 46.6. The zero-order valence-electron chi connectivity index (χ0n) is 36.0. The predicted molar refractivity (Wildman–Crippen MR) is 246 cm³/mol. The van der Waals surface area contributed by atoms with Gasteiger partial charge in [0, 0.05) is 47.8 Å². The molecule has 1 saturated heterocycles. The minimum absolute atomic E-state index is 0.0900. The molecule has 0 bridgehead atoms. The van der Waals surface area contributed by atoms with Gasteiger partial charge in [-0.1, -0.05) is 178 Å². The number of halogens is 1. The van der Waals surface area contributed by atoms with Crippen molar-refractivity contribution in [3.63, 3.8) is 0 Å². The number of hydrogen-bond donors (Lipinski definition) is 0. The van der Waals surface area contributed by atoms with E-state index in [1.54, 1.807) is 11.9 Å². The van der Waals surface area contributed by atoms with E-state index in [9.17, 15) is 14.4 Å². The molecular weight excluding hydrogens is 792 g/mol. The second-order valence-corrected chi connectivity index (χ2v) is 17.8. The Morgan fingerprint density at radius 1 is 0.661 bits per heavy atom. The number of carbonyl (C=O) groups is 3. The molecule has 1 aliphatic heterocycles. The van der Waals surface area contributed by atoms with Crippen molar-refractivity contribution in [1.29, 1.82) is 0 Å². The van der Waals surface area contributed by atoms with Crippen LogP contribution in [0.5, 0.6) is 0 Å². The number of carbonyl (C=O) groups excluding carboxylic acids is 3. The topological polar surface area (TPSA) is 76.1 Å². The van der Waals surface area contributed by atoms with Gasteiger partial charge in [-0.2, -0.15) is 0 Å². The van der Waals surface area contributed by atoms with Gasteiger partial charge in [0.05, 0.1) is 6.42 Å². The van der Waals surface area contributed by atoms with Crippen LogP contribution in [0.2, 0.25) is 5.02 Å². The molecule has 0 spiro atoms. The summed E-state index contributed by atoms with van der Waals surface area (Å²) in [7, 11) is 1.55. The fourth-order valence-electron chi connectivity index (χ4n) is 10.1. The van der Waals surface area contributed by atoms with Gasteiger partial charge in [0.2, 0.25) is 5.91 Å². The summed E-state index contributed by atoms with van der Waals surface area (Å²) in [5, 5.41) is 0.442. The van der Waals surface area contributed by atoms with E-state index in [1.165, 1.54) is 55.4 Å². The van der Waals surface area contributed by atoms with Crippen LogP contribution in [-0.4, -0.2) is 60.6 Å². The Balaban J connectivity index is 1.10. The molecule has 1 saturated carbocycles. The highest BCUT2D eigenvalue weighted by atomic mass is 35.5. The molecule has 2 atom stereocenters. The van der Waals surface area contributed by atoms with Crippen molar-refractivity contribution >= 4 is 29.6 Å². The molecule has 0 N–H and O–H groups in total. The summed E-state index contributed by atoms with van der Waals surface area (Å²) in [5.74, 6) is -0.628. The number of ether oxygens (including phenoxy) is 2. The first kappa shape index (κ1) is 43.3. The number of esters is 1. The largest absolute Gasteiger partial charge is 0.448 e. The van der Waals surface area contributed by atoms with Crippen LogP contribution in [0.1, 0.15) is 129 Å². The molecule has 2 aliphatic carbocycles. The second-order valence-electron chi connectivity index (χ2n) is 17.4. The standard InChI is InChI=1S/C54H59ClN2O5/c1-56(53(60)61-38-47-45-27-15-13-25-43(45)44-26-14-16-28-46(44)47)50(52(59)57-35-19-8-20-36-57)37-51(58)62-54(41-23-11-7-12-24-41,48-29-17-18-30-49(48)55)42-33-31-40(32-34-42)39-21-9-5-3-2-4-6-10-22-39/h7,11-18,23-34,39,47,50H,2-6,8-10,19-22,35-38H2,1H3/t50-,54?/m0/s1. The summed E-state index contributed by atoms with van der Waals surface area (Å²) in [6, 6.07) is 40.9. The highest BCUT2D eigenvalue weighted by Gasteiger charge is 2.44. The van der Waals surface area contributed by atoms with E-state index < -0.39 is 23.7 Å². The van der Waals surface area contributed by atoms with Crippen LogP contribution >= 0.6 is 11.6 Å². The molecule has 8 heteroatoms. The van der Waals surface area contributed by atoms with E-state index in [0.29, 0.717) is 29.6 Å². The molecule has 3 aliphatic rings. The van der Waals surface area contributed by atoms with Crippen molar-refractivity contribution in [1.82, 2.24) is 9.80 Å². The molecule has 5 aromatic rings. The summed E-state index contributed by atoms with van der Waals surface area (Å²) in [6.07, 6.45) is 12.9. The molecule has 62 heavy (non-hydrogen) atoms. The maximum atomic E-state index is 14.9. The van der Waals surface area contributed by atoms with Crippen LogP contribution in [-0.2, 0) is 24.7 Å². The van der Waals surface area contributed by atoms with E-state index in [4.69, 9.17) is 21.1 Å². The fourth-order valence-corrected chi connectivity index (χ4v) is 10.4. The van der Waals surface area contributed by atoms with Crippen molar-refractivity contribution in [2.45, 2.75) is 107 Å². The van der Waals surface area contributed by atoms with Crippen LogP contribution in [0.15, 0.2) is 127 Å². The maximum absolute atomic E-state index is 14.9. The van der Waals surface area contributed by atoms with Gasteiger partial charge in [-0.3, -0.25) is 14.5 Å². The van der Waals surface area contributed by atoms with Crippen molar-refractivity contribution in [3.8, 4) is 11.1 Å². The van der Waals surface area contributed by atoms with Crippen molar-refractivity contribution in [2.75, 3.05) is 26.7 Å². The number of nitrogens with zero attached hydrogens (tertiary/aromatic N) is 2. The number of hydrogen-bond acceptors (Lipinski definition) is 5. The molecule has 1 unspecified atom stereocenters. The first-order valence-electron chi connectivity index (χ1n) is 22.8. The number of rotatable bonds is 11. The van der Waals surface area contributed by atoms with Gasteiger partial charge >= 0.3 is 12.1 Å². The first-order valence-corrected chi connectivity index (χ1v) is 23.2. The third-order valence-corrected chi connectivity index (χ3v) is 13.8. The Labute approximate surface area is 372 Å². The quantitative estimate of drug-likeness (QED) is 0.0977. The SMILES string of the molecule is CN(C(=O)OCC1c2ccccc2-c2ccccc21)[C@@H](CC(=O)OC(c1ccccc1)(c1ccc(C2CCCCCCCCC2)cc1)c1ccccc1Cl)C(=O)N1CCCCC1. The minimum atomic E-state index is -1.47. The lowest BCUT2D eigenvalue weighted by Gasteiger charge is -2.37. The third kappa shape index (κ3) is 9.34. The average molecular weight is 852 g/mol. The van der Waals surface area contributed by atoms with Crippen LogP contribution in [0, 0.1) is 0 Å². The van der Waals surface area contributed by atoms with E-state index >= 15 is 0 Å². The number of likely N-dealkylation sites (N-methyl/N-ethyl adjacent to an activating group) is 1. The summed E-state index contributed by atoms with van der Waals surface area (Å²) < 4.78 is 12.9. The van der Waals surface area contributed by atoms with Crippen molar-refractivity contribution in [3.05, 3.63) is 166 Å². The smallest absolute Gasteiger partial charge is 0.410 e. The van der Waals surface area contributed by atoms with Gasteiger partial charge in [0.1, 0.15) is 12.6 Å². The van der Waals surface area contributed by atoms with Crippen molar-refractivity contribution in [2.24, 2.45) is 0 Å². The van der Waals surface area contributed by atoms with Crippen LogP contribution in [0.3, 0.4) is 0 Å². The summed E-state index contributed by atoms with van der Waals surface area (Å²) in [6.45, 7) is 1.21. The van der Waals surface area contributed by atoms with E-state index in [0.717, 1.165) is 65.5 Å². The molecule has 5 aromatic carbocycles. The minimum Gasteiger partial charge on any atom is -0.448 e. The lowest BCUT2D eigenvalue weighted by molar-refractivity contribution is -0.157. The summed E-state index contributed by atoms with van der Waals surface area (Å²) >= 11 is 7.09. The van der Waals surface area contributed by atoms with E-state index in [1.807, 2.05) is 78.9 Å². The molecule has 2 amide bonds. The number of benzene rings is 5. The van der Waals surface area contributed by atoms with Gasteiger partial charge in [0.15, 0.2) is 5.60 Å². The molecule has 7 nitrogen and oxygen atoms in total. The predicted octanol–water partition coefficient (Wildman–Crippen LogP) is 12.4. The molecule has 0 radical (unpaired) electrons. The van der Waals surface area contributed by atoms with Gasteiger partial charge in [0.25, 0.3) is 0 Å². The van der Waals surface area contributed by atoms with Gasteiger partial charge < -0.3 is 14.4 Å². The normalized spacial score (nSPS) is 17.5. The number of piperidine rings is 1. The van der Waals surface area contributed by atoms with Crippen LogP contribution < -0.4 is 0 Å². The van der Waals surface area contributed by atoms with Crippen LogP contribution in [0.25, 0.3) is 11.1 Å². The van der Waals surface area contributed by atoms with Gasteiger partial charge in [-0.15, -0.1) is 0 Å². The Morgan fingerprint density at radius 3 is 1.82 bits per heavy atom. The molecule has 1 heterocycles. The molecule has 8 rings (SSSR count). The molecule has 2 fully saturated rings. The maximum Gasteiger partial charge on any atom is 0.410 e. The Hall–Kier alpha value is -5.40. The Bertz CT molecular complexity index is 2250. The molecule has 322 valence electrons. The highest BCUT2D eigenvalue weighted by Crippen LogP contribution is 2.46. The van der Waals surface area contributed by atoms with Gasteiger partial charge in [-0.25, -0.2) is 4.79 Å². The fraction of sp³-hybridized carbons (Fsp3) is 0.389. The monoisotopic (exact) mass is 850 g/mol. The lowest BCUT2D eigenvalue weighted by atomic mass is 9.78. The van der Waals surface area contributed by atoms with E-state index in [-0.39, 0.29) is 24.9 Å². The number of amides is 2. The third-order valence-electron chi connectivity index (χ3n) is 13.5.